The van der Waals surface area contributed by atoms with Crippen molar-refractivity contribution in [3.63, 3.8) is 0 Å². The van der Waals surface area contributed by atoms with E-state index >= 15 is 0 Å². The van der Waals surface area contributed by atoms with E-state index in [0.717, 1.165) is 43.6 Å². The number of fused-ring (bicyclic) bond motifs is 2. The monoisotopic (exact) mass is 336 g/mol. The summed E-state index contributed by atoms with van der Waals surface area (Å²) in [4.78, 5) is 12.7. The average Bonchev–Trinajstić information content (AvgIpc) is 2.68. The molecule has 2 N–H and O–H groups in total. The molecule has 0 amide bonds. The minimum Gasteiger partial charge on any atom is -0.459 e. The molecule has 1 unspecified atom stereocenters. The lowest BCUT2D eigenvalue weighted by atomic mass is 9.68. The molecule has 1 fully saturated rings. The number of carbonyl (C=O) groups is 1. The first-order valence-corrected chi connectivity index (χ1v) is 9.03. The molecule has 0 bridgehead atoms. The Kier molecular flexibility index (Phi) is 4.55. The average molecular weight is 336 g/mol. The number of nitrogens with one attached hydrogen (secondary N) is 2. The number of rotatable bonds is 3. The van der Waals surface area contributed by atoms with Gasteiger partial charge in [0.2, 0.25) is 0 Å². The lowest BCUT2D eigenvalue weighted by molar-refractivity contribution is -0.148. The van der Waals surface area contributed by atoms with Gasteiger partial charge in [-0.3, -0.25) is 5.32 Å². The minimum absolute atomic E-state index is 0.137. The molecular weight excluding hydrogens is 312 g/mol. The first kappa shape index (κ1) is 16.3. The number of hydrogen-bond acceptors (Lipinski definition) is 4. The Labute approximate surface area is 148 Å². The molecule has 0 aromatic heterocycles. The summed E-state index contributed by atoms with van der Waals surface area (Å²) in [6, 6.07) is 17.8. The highest BCUT2D eigenvalue weighted by molar-refractivity contribution is 5.79. The largest absolute Gasteiger partial charge is 0.459 e. The van der Waals surface area contributed by atoms with Crippen LogP contribution in [0.2, 0.25) is 0 Å². The summed E-state index contributed by atoms with van der Waals surface area (Å²) in [5, 5.41) is 6.91. The van der Waals surface area contributed by atoms with Crippen LogP contribution in [0.15, 0.2) is 54.6 Å². The van der Waals surface area contributed by atoms with Gasteiger partial charge in [-0.2, -0.15) is 0 Å². The van der Waals surface area contributed by atoms with Gasteiger partial charge in [0.05, 0.1) is 0 Å². The van der Waals surface area contributed by atoms with Gasteiger partial charge < -0.3 is 10.1 Å². The Morgan fingerprint density at radius 3 is 2.56 bits per heavy atom. The predicted octanol–water partition coefficient (Wildman–Crippen LogP) is 2.70. The van der Waals surface area contributed by atoms with Crippen LogP contribution in [-0.4, -0.2) is 25.6 Å². The molecule has 0 aliphatic carbocycles. The number of ether oxygens (including phenoxy) is 1. The van der Waals surface area contributed by atoms with Crippen molar-refractivity contribution in [1.82, 2.24) is 10.6 Å². The summed E-state index contributed by atoms with van der Waals surface area (Å²) in [6.07, 6.45) is 2.20. The Balaban J connectivity index is 1.54. The van der Waals surface area contributed by atoms with E-state index in [9.17, 15) is 4.79 Å². The maximum atomic E-state index is 12.7. The maximum absolute atomic E-state index is 12.7. The molecule has 0 saturated carbocycles. The molecule has 1 atom stereocenters. The number of benzene rings is 2. The normalized spacial score (nSPS) is 21.5. The van der Waals surface area contributed by atoms with Gasteiger partial charge in [-0.25, -0.2) is 4.79 Å². The zero-order chi connectivity index (χ0) is 17.1. The van der Waals surface area contributed by atoms with Crippen molar-refractivity contribution in [2.45, 2.75) is 30.9 Å². The molecule has 4 heteroatoms. The van der Waals surface area contributed by atoms with E-state index in [0.29, 0.717) is 6.61 Å². The van der Waals surface area contributed by atoms with Gasteiger partial charge in [-0.1, -0.05) is 54.6 Å². The molecule has 2 aromatic rings. The number of hydrogen-bond donors (Lipinski definition) is 2. The molecule has 1 spiro atoms. The van der Waals surface area contributed by atoms with Crippen LogP contribution in [0.1, 0.15) is 35.6 Å². The van der Waals surface area contributed by atoms with Crippen molar-refractivity contribution >= 4 is 5.97 Å². The van der Waals surface area contributed by atoms with E-state index in [1.807, 2.05) is 36.4 Å². The fourth-order valence-electron chi connectivity index (χ4n) is 4.11. The fourth-order valence-corrected chi connectivity index (χ4v) is 4.11. The van der Waals surface area contributed by atoms with Gasteiger partial charge in [0.1, 0.15) is 12.6 Å². The van der Waals surface area contributed by atoms with Crippen LogP contribution >= 0.6 is 0 Å². The van der Waals surface area contributed by atoms with Crippen LogP contribution < -0.4 is 10.6 Å². The highest BCUT2D eigenvalue weighted by Gasteiger charge is 2.42. The summed E-state index contributed by atoms with van der Waals surface area (Å²) >= 11 is 0. The molecule has 25 heavy (non-hydrogen) atoms. The number of piperidine rings is 1. The topological polar surface area (TPSA) is 50.4 Å². The van der Waals surface area contributed by atoms with E-state index < -0.39 is 0 Å². The predicted molar refractivity (Wildman–Crippen MR) is 97.2 cm³/mol. The Morgan fingerprint density at radius 1 is 1.04 bits per heavy atom. The standard InChI is InChI=1S/C21H24N2O2/c24-20(25-14-16-6-2-1-3-7-16)19-17-8-4-5-9-18(17)21(15-23-19)10-12-22-13-11-21/h1-9,19,22-23H,10-15H2. The van der Waals surface area contributed by atoms with Gasteiger partial charge >= 0.3 is 5.97 Å². The van der Waals surface area contributed by atoms with Crippen LogP contribution in [0, 0.1) is 0 Å². The van der Waals surface area contributed by atoms with E-state index in [-0.39, 0.29) is 17.4 Å². The van der Waals surface area contributed by atoms with Crippen LogP contribution in [0.3, 0.4) is 0 Å². The summed E-state index contributed by atoms with van der Waals surface area (Å²) in [5.74, 6) is -0.194. The molecular formula is C21H24N2O2. The quantitative estimate of drug-likeness (QED) is 0.846. The van der Waals surface area contributed by atoms with Crippen molar-refractivity contribution < 1.29 is 9.53 Å². The van der Waals surface area contributed by atoms with Crippen molar-refractivity contribution in [3.8, 4) is 0 Å². The van der Waals surface area contributed by atoms with Crippen molar-refractivity contribution in [1.29, 1.82) is 0 Å². The third kappa shape index (κ3) is 3.20. The Hall–Kier alpha value is -2.17. The number of carbonyl (C=O) groups excluding carboxylic acids is 1. The summed E-state index contributed by atoms with van der Waals surface area (Å²) in [5.41, 5.74) is 3.54. The molecule has 4 nitrogen and oxygen atoms in total. The molecule has 1 saturated heterocycles. The lowest BCUT2D eigenvalue weighted by Gasteiger charge is -2.44. The summed E-state index contributed by atoms with van der Waals surface area (Å²) < 4.78 is 5.59. The first-order valence-electron chi connectivity index (χ1n) is 9.03. The molecule has 130 valence electrons. The molecule has 2 aliphatic rings. The molecule has 2 aliphatic heterocycles. The van der Waals surface area contributed by atoms with Crippen LogP contribution in [0.4, 0.5) is 0 Å². The Bertz CT molecular complexity index is 739. The smallest absolute Gasteiger partial charge is 0.328 e. The van der Waals surface area contributed by atoms with E-state index in [4.69, 9.17) is 4.74 Å². The highest BCUT2D eigenvalue weighted by Crippen LogP contribution is 2.41. The van der Waals surface area contributed by atoms with Crippen molar-refractivity contribution in [3.05, 3.63) is 71.3 Å². The third-order valence-electron chi connectivity index (χ3n) is 5.51. The highest BCUT2D eigenvalue weighted by atomic mass is 16.5. The van der Waals surface area contributed by atoms with Crippen LogP contribution in [0.25, 0.3) is 0 Å². The molecule has 0 radical (unpaired) electrons. The third-order valence-corrected chi connectivity index (χ3v) is 5.51. The second-order valence-electron chi connectivity index (χ2n) is 7.02. The number of esters is 1. The molecule has 4 rings (SSSR count). The zero-order valence-corrected chi connectivity index (χ0v) is 14.3. The van der Waals surface area contributed by atoms with E-state index in [1.54, 1.807) is 0 Å². The minimum atomic E-state index is -0.375. The van der Waals surface area contributed by atoms with E-state index in [2.05, 4.69) is 28.8 Å². The van der Waals surface area contributed by atoms with Gasteiger partial charge in [0, 0.05) is 12.0 Å². The Morgan fingerprint density at radius 2 is 1.76 bits per heavy atom. The second-order valence-corrected chi connectivity index (χ2v) is 7.02. The molecule has 2 heterocycles. The van der Waals surface area contributed by atoms with Gasteiger partial charge in [-0.15, -0.1) is 0 Å². The van der Waals surface area contributed by atoms with Crippen LogP contribution in [0.5, 0.6) is 0 Å². The van der Waals surface area contributed by atoms with Crippen molar-refractivity contribution in [2.75, 3.05) is 19.6 Å². The van der Waals surface area contributed by atoms with Gasteiger partial charge in [-0.05, 0) is 42.6 Å². The van der Waals surface area contributed by atoms with Gasteiger partial charge in [0.25, 0.3) is 0 Å². The van der Waals surface area contributed by atoms with Crippen molar-refractivity contribution in [2.24, 2.45) is 0 Å². The first-order chi connectivity index (χ1) is 12.3. The molecule has 2 aromatic carbocycles. The summed E-state index contributed by atoms with van der Waals surface area (Å²) in [7, 11) is 0. The maximum Gasteiger partial charge on any atom is 0.328 e. The van der Waals surface area contributed by atoms with E-state index in [1.165, 1.54) is 5.56 Å². The SMILES string of the molecule is O=C(OCc1ccccc1)C1NCC2(CCNCC2)c2ccccc21. The summed E-state index contributed by atoms with van der Waals surface area (Å²) in [6.45, 7) is 3.20. The van der Waals surface area contributed by atoms with Gasteiger partial charge in [0.15, 0.2) is 0 Å². The zero-order valence-electron chi connectivity index (χ0n) is 14.3. The fraction of sp³-hybridized carbons (Fsp3) is 0.381. The lowest BCUT2D eigenvalue weighted by Crippen LogP contribution is -2.52. The van der Waals surface area contributed by atoms with Crippen LogP contribution in [-0.2, 0) is 21.6 Å². The second kappa shape index (κ2) is 6.98.